The Bertz CT molecular complexity index is 1360. The molecule has 5 N–H and O–H groups in total. The van der Waals surface area contributed by atoms with Crippen LogP contribution in [0.3, 0.4) is 0 Å². The number of thioether (sulfide) groups is 1. The van der Waals surface area contributed by atoms with Gasteiger partial charge >= 0.3 is 0 Å². The van der Waals surface area contributed by atoms with Crippen molar-refractivity contribution in [2.45, 2.75) is 11.6 Å². The number of carbonyl (C=O) groups excluding carboxylic acids is 2. The Hall–Kier alpha value is -4.39. The number of nitrogens with two attached hydrogens (primary N) is 1. The fraction of sp³-hybridized carbons (Fsp3) is 0.280. The molecule has 2 aromatic carbocycles. The summed E-state index contributed by atoms with van der Waals surface area (Å²) in [6, 6.07) is 10.1. The van der Waals surface area contributed by atoms with Gasteiger partial charge in [-0.15, -0.1) is 0 Å². The smallest absolute Gasteiger partial charge is 0.277 e. The van der Waals surface area contributed by atoms with Gasteiger partial charge in [0.25, 0.3) is 11.5 Å². The number of nitrogens with one attached hydrogen (secondary N) is 3. The molecule has 0 bridgehead atoms. The minimum atomic E-state index is -0.650. The second-order valence-electron chi connectivity index (χ2n) is 7.73. The first-order chi connectivity index (χ1) is 18.3. The van der Waals surface area contributed by atoms with Gasteiger partial charge in [-0.3, -0.25) is 19.4 Å². The number of benzene rings is 2. The number of rotatable bonds is 12. The molecule has 0 unspecified atom stereocenters. The number of H-pyrrole nitrogens is 1. The number of aromatic amines is 1. The summed E-state index contributed by atoms with van der Waals surface area (Å²) < 4.78 is 20.9. The predicted octanol–water partition coefficient (Wildman–Crippen LogP) is 2.09. The predicted molar refractivity (Wildman–Crippen MR) is 144 cm³/mol. The van der Waals surface area contributed by atoms with Gasteiger partial charge in [-0.1, -0.05) is 17.8 Å². The number of amides is 2. The molecule has 0 fully saturated rings. The maximum atomic E-state index is 12.6. The zero-order valence-electron chi connectivity index (χ0n) is 21.4. The van der Waals surface area contributed by atoms with Crippen molar-refractivity contribution in [3.05, 3.63) is 57.9 Å². The fourth-order valence-corrected chi connectivity index (χ4v) is 4.09. The number of ether oxygens (including phenoxy) is 4. The molecule has 0 radical (unpaired) electrons. The van der Waals surface area contributed by atoms with E-state index in [1.54, 1.807) is 26.4 Å². The van der Waals surface area contributed by atoms with Crippen LogP contribution in [-0.2, 0) is 11.2 Å². The van der Waals surface area contributed by atoms with E-state index >= 15 is 0 Å². The number of hydrogen-bond donors (Lipinski definition) is 4. The van der Waals surface area contributed by atoms with Crippen molar-refractivity contribution < 1.29 is 28.5 Å². The Morgan fingerprint density at radius 2 is 1.58 bits per heavy atom. The van der Waals surface area contributed by atoms with Gasteiger partial charge in [-0.25, -0.2) is 4.98 Å². The van der Waals surface area contributed by atoms with Gasteiger partial charge in [-0.2, -0.15) is 0 Å². The minimum absolute atomic E-state index is 0.00562. The molecule has 3 aromatic rings. The second-order valence-corrected chi connectivity index (χ2v) is 8.70. The summed E-state index contributed by atoms with van der Waals surface area (Å²) in [4.78, 5) is 44.1. The molecule has 0 aliphatic heterocycles. The Balaban J connectivity index is 1.54. The first kappa shape index (κ1) is 28.2. The summed E-state index contributed by atoms with van der Waals surface area (Å²) in [6.07, 6.45) is 0.591. The van der Waals surface area contributed by atoms with E-state index in [-0.39, 0.29) is 33.9 Å². The third-order valence-corrected chi connectivity index (χ3v) is 6.21. The molecule has 0 spiro atoms. The molecule has 38 heavy (non-hydrogen) atoms. The van der Waals surface area contributed by atoms with Crippen LogP contribution in [0.5, 0.6) is 23.0 Å². The highest BCUT2D eigenvalue weighted by Gasteiger charge is 2.16. The molecule has 1 aromatic heterocycles. The van der Waals surface area contributed by atoms with Crippen molar-refractivity contribution in [2.75, 3.05) is 51.8 Å². The quantitative estimate of drug-likeness (QED) is 0.196. The van der Waals surface area contributed by atoms with Crippen LogP contribution in [0.15, 0.2) is 46.3 Å². The topological polar surface area (TPSA) is 167 Å². The zero-order chi connectivity index (χ0) is 27.7. The summed E-state index contributed by atoms with van der Waals surface area (Å²) in [5, 5.41) is 5.42. The summed E-state index contributed by atoms with van der Waals surface area (Å²) in [5.74, 6) is 1.04. The highest BCUT2D eigenvalue weighted by molar-refractivity contribution is 7.99. The number of anilines is 2. The SMILES string of the molecule is COc1ccc(CCNC(=O)CSc2nc(N)c(NC(=O)c3ccc(OC)c(OC)c3)c(=O)[nH]2)cc1OC. The van der Waals surface area contributed by atoms with Crippen molar-refractivity contribution in [1.82, 2.24) is 15.3 Å². The van der Waals surface area contributed by atoms with Crippen LogP contribution in [0, 0.1) is 0 Å². The molecule has 12 nitrogen and oxygen atoms in total. The summed E-state index contributed by atoms with van der Waals surface area (Å²) >= 11 is 1.01. The Morgan fingerprint density at radius 1 is 0.947 bits per heavy atom. The van der Waals surface area contributed by atoms with Gasteiger partial charge in [0.05, 0.1) is 34.2 Å². The van der Waals surface area contributed by atoms with E-state index in [0.29, 0.717) is 36.0 Å². The number of aromatic nitrogens is 2. The Kier molecular flexibility index (Phi) is 9.82. The van der Waals surface area contributed by atoms with Gasteiger partial charge in [0.15, 0.2) is 34.0 Å². The van der Waals surface area contributed by atoms with Crippen molar-refractivity contribution in [1.29, 1.82) is 0 Å². The van der Waals surface area contributed by atoms with Crippen molar-refractivity contribution in [3.63, 3.8) is 0 Å². The van der Waals surface area contributed by atoms with Crippen LogP contribution < -0.4 is 40.9 Å². The van der Waals surface area contributed by atoms with Gasteiger partial charge in [0.2, 0.25) is 5.91 Å². The van der Waals surface area contributed by atoms with E-state index in [1.165, 1.54) is 26.4 Å². The highest BCUT2D eigenvalue weighted by atomic mass is 32.2. The van der Waals surface area contributed by atoms with Gasteiger partial charge in [0.1, 0.15) is 5.69 Å². The molecular weight excluding hydrogens is 514 g/mol. The molecule has 0 saturated heterocycles. The van der Waals surface area contributed by atoms with Crippen molar-refractivity contribution >= 4 is 35.1 Å². The van der Waals surface area contributed by atoms with E-state index in [2.05, 4.69) is 20.6 Å². The molecule has 0 aliphatic carbocycles. The largest absolute Gasteiger partial charge is 0.493 e. The maximum Gasteiger partial charge on any atom is 0.277 e. The lowest BCUT2D eigenvalue weighted by Crippen LogP contribution is -2.27. The van der Waals surface area contributed by atoms with Crippen LogP contribution in [0.2, 0.25) is 0 Å². The highest BCUT2D eigenvalue weighted by Crippen LogP contribution is 2.29. The van der Waals surface area contributed by atoms with E-state index in [1.807, 2.05) is 12.1 Å². The van der Waals surface area contributed by atoms with Crippen LogP contribution in [0.25, 0.3) is 0 Å². The first-order valence-electron chi connectivity index (χ1n) is 11.3. The molecule has 2 amide bonds. The third-order valence-electron chi connectivity index (χ3n) is 5.33. The van der Waals surface area contributed by atoms with Crippen LogP contribution in [0.1, 0.15) is 15.9 Å². The Labute approximate surface area is 223 Å². The van der Waals surface area contributed by atoms with E-state index in [4.69, 9.17) is 24.7 Å². The van der Waals surface area contributed by atoms with Crippen molar-refractivity contribution in [2.24, 2.45) is 0 Å². The van der Waals surface area contributed by atoms with Crippen LogP contribution in [-0.4, -0.2) is 62.5 Å². The van der Waals surface area contributed by atoms with E-state index < -0.39 is 11.5 Å². The summed E-state index contributed by atoms with van der Waals surface area (Å²) in [6.45, 7) is 0.405. The lowest BCUT2D eigenvalue weighted by Gasteiger charge is -2.11. The summed E-state index contributed by atoms with van der Waals surface area (Å²) in [7, 11) is 6.05. The summed E-state index contributed by atoms with van der Waals surface area (Å²) in [5.41, 5.74) is 6.27. The van der Waals surface area contributed by atoms with Gasteiger partial charge < -0.3 is 35.3 Å². The fourth-order valence-electron chi connectivity index (χ4n) is 3.39. The van der Waals surface area contributed by atoms with Crippen molar-refractivity contribution in [3.8, 4) is 23.0 Å². The van der Waals surface area contributed by atoms with Gasteiger partial charge in [0, 0.05) is 12.1 Å². The normalized spacial score (nSPS) is 10.4. The molecule has 0 atom stereocenters. The lowest BCUT2D eigenvalue weighted by atomic mass is 10.1. The third kappa shape index (κ3) is 7.09. The molecule has 1 heterocycles. The average molecular weight is 544 g/mol. The number of nitrogens with zero attached hydrogens (tertiary/aromatic N) is 1. The minimum Gasteiger partial charge on any atom is -0.493 e. The standard InChI is InChI=1S/C25H29N5O7S/c1-34-16-7-5-14(11-18(16)36-3)9-10-27-20(31)13-38-25-29-22(26)21(24(33)30-25)28-23(32)15-6-8-17(35-2)19(12-15)37-4/h5-8,11-12H,9-10,13H2,1-4H3,(H,27,31)(H,28,32)(H3,26,29,30,33). The molecule has 0 saturated carbocycles. The molecule has 0 aliphatic rings. The molecule has 202 valence electrons. The number of methoxy groups -OCH3 is 4. The number of hydrogen-bond acceptors (Lipinski definition) is 10. The van der Waals surface area contributed by atoms with Crippen LogP contribution in [0.4, 0.5) is 11.5 Å². The first-order valence-corrected chi connectivity index (χ1v) is 12.3. The number of carbonyl (C=O) groups is 2. The second kappa shape index (κ2) is 13.2. The average Bonchev–Trinajstić information content (AvgIpc) is 2.93. The monoisotopic (exact) mass is 543 g/mol. The van der Waals surface area contributed by atoms with Crippen LogP contribution >= 0.6 is 11.8 Å². The molecular formula is C25H29N5O7S. The zero-order valence-corrected chi connectivity index (χ0v) is 22.2. The Morgan fingerprint density at radius 3 is 2.21 bits per heavy atom. The molecule has 13 heteroatoms. The lowest BCUT2D eigenvalue weighted by molar-refractivity contribution is -0.118. The van der Waals surface area contributed by atoms with E-state index in [0.717, 1.165) is 17.3 Å². The maximum absolute atomic E-state index is 12.6. The molecule has 3 rings (SSSR count). The van der Waals surface area contributed by atoms with E-state index in [9.17, 15) is 14.4 Å². The van der Waals surface area contributed by atoms with Gasteiger partial charge in [-0.05, 0) is 42.3 Å². The number of nitrogen functional groups attached to an aromatic ring is 1.